The van der Waals surface area contributed by atoms with E-state index in [1.807, 2.05) is 0 Å². The number of primary amides is 1. The molecule has 0 aliphatic heterocycles. The van der Waals surface area contributed by atoms with Crippen molar-refractivity contribution in [3.63, 3.8) is 0 Å². The molecule has 3 aliphatic rings. The fraction of sp³-hybridized carbons (Fsp3) is 0.455. The number of carbonyl (C=O) groups excluding carboxylic acids is 1. The summed E-state index contributed by atoms with van der Waals surface area (Å²) in [6.07, 6.45) is 5.30. The highest BCUT2D eigenvalue weighted by atomic mass is 79.9. The molecule has 0 spiro atoms. The first kappa shape index (κ1) is 9.33. The molecule has 0 radical (unpaired) electrons. The lowest BCUT2D eigenvalue weighted by Gasteiger charge is -2.61. The summed E-state index contributed by atoms with van der Waals surface area (Å²) in [5.41, 5.74) is 7.07. The van der Waals surface area contributed by atoms with E-state index in [2.05, 4.69) is 20.9 Å². The van der Waals surface area contributed by atoms with Crippen LogP contribution in [0.4, 0.5) is 0 Å². The van der Waals surface area contributed by atoms with Crippen molar-refractivity contribution < 1.29 is 4.79 Å². The fourth-order valence-corrected chi connectivity index (χ4v) is 3.15. The minimum Gasteiger partial charge on any atom is -0.366 e. The molecular weight excluding hydrogens is 256 g/mol. The van der Waals surface area contributed by atoms with Gasteiger partial charge in [0.25, 0.3) is 5.91 Å². The average molecular weight is 267 g/mol. The molecule has 1 amide bonds. The molecule has 0 atom stereocenters. The summed E-state index contributed by atoms with van der Waals surface area (Å²) in [4.78, 5) is 15.7. The zero-order chi connectivity index (χ0) is 10.6. The predicted octanol–water partition coefficient (Wildman–Crippen LogP) is 1.99. The van der Waals surface area contributed by atoms with Gasteiger partial charge in [-0.1, -0.05) is 0 Å². The Balaban J connectivity index is 2.09. The van der Waals surface area contributed by atoms with Crippen molar-refractivity contribution in [3.8, 4) is 0 Å². The maximum Gasteiger partial charge on any atom is 0.250 e. The van der Waals surface area contributed by atoms with Crippen LogP contribution in [0.25, 0.3) is 0 Å². The Morgan fingerprint density at radius 3 is 2.67 bits per heavy atom. The Labute approximate surface area is 96.2 Å². The Hall–Kier alpha value is -0.900. The number of hydrogen-bond acceptors (Lipinski definition) is 2. The van der Waals surface area contributed by atoms with Crippen molar-refractivity contribution >= 4 is 21.8 Å². The quantitative estimate of drug-likeness (QED) is 0.890. The molecule has 4 heteroatoms. The van der Waals surface area contributed by atoms with Gasteiger partial charge in [-0.25, -0.2) is 0 Å². The van der Waals surface area contributed by atoms with E-state index in [1.54, 1.807) is 12.3 Å². The third kappa shape index (κ3) is 1.17. The molecule has 1 heterocycles. The van der Waals surface area contributed by atoms with Crippen molar-refractivity contribution in [2.45, 2.75) is 24.7 Å². The molecule has 4 rings (SSSR count). The van der Waals surface area contributed by atoms with E-state index < -0.39 is 0 Å². The largest absolute Gasteiger partial charge is 0.366 e. The lowest BCUT2D eigenvalue weighted by molar-refractivity contribution is -0.0313. The van der Waals surface area contributed by atoms with Crippen LogP contribution in [0.15, 0.2) is 16.7 Å². The maximum atomic E-state index is 11.3. The summed E-state index contributed by atoms with van der Waals surface area (Å²) in [5, 5.41) is 0. The van der Waals surface area contributed by atoms with Crippen LogP contribution in [0.2, 0.25) is 0 Å². The van der Waals surface area contributed by atoms with Crippen LogP contribution in [0, 0.1) is 5.92 Å². The number of amides is 1. The monoisotopic (exact) mass is 266 g/mol. The van der Waals surface area contributed by atoms with Crippen LogP contribution in [0.5, 0.6) is 0 Å². The smallest absolute Gasteiger partial charge is 0.250 e. The van der Waals surface area contributed by atoms with Crippen molar-refractivity contribution in [3.05, 3.63) is 28.0 Å². The van der Waals surface area contributed by atoms with Gasteiger partial charge >= 0.3 is 0 Å². The number of halogens is 1. The van der Waals surface area contributed by atoms with Gasteiger partial charge in [-0.3, -0.25) is 9.78 Å². The van der Waals surface area contributed by atoms with E-state index in [1.165, 1.54) is 19.3 Å². The van der Waals surface area contributed by atoms with Crippen molar-refractivity contribution in [1.29, 1.82) is 0 Å². The summed E-state index contributed by atoms with van der Waals surface area (Å²) in [5.74, 6) is 0.500. The number of pyridine rings is 1. The van der Waals surface area contributed by atoms with Gasteiger partial charge in [-0.2, -0.15) is 0 Å². The summed E-state index contributed by atoms with van der Waals surface area (Å²) in [6, 6.07) is 1.78. The molecule has 2 bridgehead atoms. The van der Waals surface area contributed by atoms with Crippen LogP contribution < -0.4 is 5.73 Å². The molecule has 1 aromatic rings. The highest BCUT2D eigenvalue weighted by Gasteiger charge is 2.59. The van der Waals surface area contributed by atoms with Gasteiger partial charge < -0.3 is 5.73 Å². The van der Waals surface area contributed by atoms with Crippen molar-refractivity contribution in [2.24, 2.45) is 11.7 Å². The molecule has 15 heavy (non-hydrogen) atoms. The van der Waals surface area contributed by atoms with E-state index in [0.717, 1.165) is 16.1 Å². The lowest BCUT2D eigenvalue weighted by Crippen LogP contribution is -2.56. The second-order valence-corrected chi connectivity index (χ2v) is 5.59. The predicted molar refractivity (Wildman–Crippen MR) is 59.5 cm³/mol. The van der Waals surface area contributed by atoms with Crippen LogP contribution >= 0.6 is 15.9 Å². The van der Waals surface area contributed by atoms with E-state index in [0.29, 0.717) is 5.56 Å². The fourth-order valence-electron chi connectivity index (χ4n) is 2.82. The van der Waals surface area contributed by atoms with E-state index in [9.17, 15) is 4.79 Å². The number of nitrogens with zero attached hydrogens (tertiary/aromatic N) is 1. The minimum absolute atomic E-state index is 0.190. The Bertz CT molecular complexity index is 441. The van der Waals surface area contributed by atoms with Gasteiger partial charge in [0.2, 0.25) is 0 Å². The standard InChI is InChI=1S/C11H11BrN2O/c12-7-1-8(10(13)15)9(14-5-7)11-2-6(3-11)4-11/h1,5-6H,2-4H2,(H2,13,15). The van der Waals surface area contributed by atoms with E-state index in [4.69, 9.17) is 5.73 Å². The second kappa shape index (κ2) is 2.82. The summed E-state index contributed by atoms with van der Waals surface area (Å²) >= 11 is 3.31. The first-order chi connectivity index (χ1) is 7.11. The zero-order valence-electron chi connectivity index (χ0n) is 8.16. The third-order valence-corrected chi connectivity index (χ3v) is 4.09. The number of nitrogens with two attached hydrogens (primary N) is 1. The molecule has 3 fully saturated rings. The van der Waals surface area contributed by atoms with Crippen molar-refractivity contribution in [2.75, 3.05) is 0 Å². The molecular formula is C11H11BrN2O. The molecule has 0 aromatic carbocycles. The summed E-state index contributed by atoms with van der Waals surface area (Å²) in [6.45, 7) is 0. The molecule has 0 unspecified atom stereocenters. The highest BCUT2D eigenvalue weighted by molar-refractivity contribution is 9.10. The van der Waals surface area contributed by atoms with Gasteiger partial charge in [0.15, 0.2) is 0 Å². The number of aromatic nitrogens is 1. The zero-order valence-corrected chi connectivity index (χ0v) is 9.75. The van der Waals surface area contributed by atoms with Gasteiger partial charge in [-0.15, -0.1) is 0 Å². The number of rotatable bonds is 2. The first-order valence-electron chi connectivity index (χ1n) is 5.07. The maximum absolute atomic E-state index is 11.3. The Morgan fingerprint density at radius 1 is 1.53 bits per heavy atom. The van der Waals surface area contributed by atoms with E-state index in [-0.39, 0.29) is 11.3 Å². The third-order valence-electron chi connectivity index (χ3n) is 3.66. The van der Waals surface area contributed by atoms with E-state index >= 15 is 0 Å². The van der Waals surface area contributed by atoms with Crippen LogP contribution in [0.3, 0.4) is 0 Å². The second-order valence-electron chi connectivity index (χ2n) is 4.67. The van der Waals surface area contributed by atoms with Gasteiger partial charge in [0, 0.05) is 16.1 Å². The van der Waals surface area contributed by atoms with Crippen LogP contribution in [-0.2, 0) is 5.41 Å². The van der Waals surface area contributed by atoms with Gasteiger partial charge in [-0.05, 0) is 47.2 Å². The lowest BCUT2D eigenvalue weighted by atomic mass is 9.43. The Kier molecular flexibility index (Phi) is 1.75. The molecule has 78 valence electrons. The van der Waals surface area contributed by atoms with Crippen LogP contribution in [-0.4, -0.2) is 10.9 Å². The molecule has 3 nitrogen and oxygen atoms in total. The molecule has 2 N–H and O–H groups in total. The first-order valence-corrected chi connectivity index (χ1v) is 5.86. The van der Waals surface area contributed by atoms with Crippen molar-refractivity contribution in [1.82, 2.24) is 4.98 Å². The number of carbonyl (C=O) groups is 1. The highest BCUT2D eigenvalue weighted by Crippen LogP contribution is 2.65. The normalized spacial score (nSPS) is 31.7. The topological polar surface area (TPSA) is 56.0 Å². The molecule has 3 aliphatic carbocycles. The molecule has 0 saturated heterocycles. The van der Waals surface area contributed by atoms with Gasteiger partial charge in [0.1, 0.15) is 0 Å². The Morgan fingerprint density at radius 2 is 2.20 bits per heavy atom. The number of hydrogen-bond donors (Lipinski definition) is 1. The average Bonchev–Trinajstić information content (AvgIpc) is 2.02. The molecule has 3 saturated carbocycles. The SMILES string of the molecule is NC(=O)c1cc(Br)cnc1C12CC(C1)C2. The minimum atomic E-state index is -0.372. The molecule has 1 aromatic heterocycles. The van der Waals surface area contributed by atoms with Gasteiger partial charge in [0.05, 0.1) is 11.3 Å². The summed E-state index contributed by atoms with van der Waals surface area (Å²) in [7, 11) is 0. The summed E-state index contributed by atoms with van der Waals surface area (Å²) < 4.78 is 0.812. The van der Waals surface area contributed by atoms with Crippen LogP contribution in [0.1, 0.15) is 35.3 Å².